The van der Waals surface area contributed by atoms with Gasteiger partial charge in [-0.25, -0.2) is 5.48 Å². The largest absolute Gasteiger partial charge is 0.367 e. The second-order valence-electron chi connectivity index (χ2n) is 4.86. The number of hydrogen-bond acceptors (Lipinski definition) is 4. The molecule has 1 aromatic carbocycles. The molecule has 1 fully saturated rings. The smallest absolute Gasteiger partial charge is 0.267 e. The van der Waals surface area contributed by atoms with Crippen LogP contribution in [-0.2, 0) is 9.59 Å². The lowest BCUT2D eigenvalue weighted by Gasteiger charge is -2.36. The molecule has 1 heterocycles. The molecule has 0 radical (unpaired) electrons. The summed E-state index contributed by atoms with van der Waals surface area (Å²) in [6.07, 6.45) is 2.95. The Kier molecular flexibility index (Phi) is 4.94. The topological polar surface area (TPSA) is 72.9 Å². The molecule has 0 saturated carbocycles. The molecule has 0 unspecified atom stereocenters. The van der Waals surface area contributed by atoms with Crippen LogP contribution in [0.3, 0.4) is 0 Å². The minimum absolute atomic E-state index is 0.0995. The first kappa shape index (κ1) is 15.1. The number of hydrogen-bond donors (Lipinski definition) is 2. The standard InChI is InChI=1S/C15H19N3O3/c1-12(19)17-8-10-18(11-9-17)14-5-3-2-4-13(14)6-7-15(20)16-21/h2-7,21H,8-11H2,1H3,(H,16,20)/b7-6+. The fourth-order valence-corrected chi connectivity index (χ4v) is 2.38. The van der Waals surface area contributed by atoms with Crippen LogP contribution in [0.1, 0.15) is 12.5 Å². The highest BCUT2D eigenvalue weighted by molar-refractivity contribution is 5.91. The van der Waals surface area contributed by atoms with Crippen molar-refractivity contribution in [2.75, 3.05) is 31.1 Å². The number of amides is 2. The van der Waals surface area contributed by atoms with Gasteiger partial charge in [0.15, 0.2) is 0 Å². The van der Waals surface area contributed by atoms with Crippen LogP contribution in [0.2, 0.25) is 0 Å². The summed E-state index contributed by atoms with van der Waals surface area (Å²) in [5.74, 6) is -0.464. The summed E-state index contributed by atoms with van der Waals surface area (Å²) in [7, 11) is 0. The number of anilines is 1. The number of para-hydroxylation sites is 1. The number of nitrogens with one attached hydrogen (secondary N) is 1. The molecule has 6 heteroatoms. The molecule has 2 amide bonds. The van der Waals surface area contributed by atoms with Crippen molar-refractivity contribution in [2.45, 2.75) is 6.92 Å². The van der Waals surface area contributed by atoms with Crippen LogP contribution >= 0.6 is 0 Å². The molecule has 1 aliphatic heterocycles. The van der Waals surface area contributed by atoms with E-state index in [4.69, 9.17) is 5.21 Å². The minimum Gasteiger partial charge on any atom is -0.367 e. The van der Waals surface area contributed by atoms with Gasteiger partial charge in [0.2, 0.25) is 5.91 Å². The maximum Gasteiger partial charge on any atom is 0.267 e. The SMILES string of the molecule is CC(=O)N1CCN(c2ccccc2/C=C/C(=O)NO)CC1. The number of hydroxylamine groups is 1. The van der Waals surface area contributed by atoms with Gasteiger partial charge in [-0.3, -0.25) is 14.8 Å². The lowest BCUT2D eigenvalue weighted by molar-refractivity contribution is -0.129. The fourth-order valence-electron chi connectivity index (χ4n) is 2.38. The van der Waals surface area contributed by atoms with E-state index in [0.29, 0.717) is 13.1 Å². The van der Waals surface area contributed by atoms with Gasteiger partial charge in [-0.1, -0.05) is 18.2 Å². The first-order valence-electron chi connectivity index (χ1n) is 6.83. The zero-order valence-electron chi connectivity index (χ0n) is 12.0. The van der Waals surface area contributed by atoms with E-state index < -0.39 is 5.91 Å². The molecule has 0 atom stereocenters. The Hall–Kier alpha value is -2.34. The zero-order valence-corrected chi connectivity index (χ0v) is 12.0. The first-order valence-corrected chi connectivity index (χ1v) is 6.83. The first-order chi connectivity index (χ1) is 10.1. The molecule has 2 rings (SSSR count). The summed E-state index contributed by atoms with van der Waals surface area (Å²) >= 11 is 0. The number of piperazine rings is 1. The summed E-state index contributed by atoms with van der Waals surface area (Å²) in [5, 5.41) is 8.51. The minimum atomic E-state index is -0.564. The number of benzene rings is 1. The third kappa shape index (κ3) is 3.82. The highest BCUT2D eigenvalue weighted by atomic mass is 16.5. The zero-order chi connectivity index (χ0) is 15.2. The molecular weight excluding hydrogens is 270 g/mol. The molecule has 0 bridgehead atoms. The highest BCUT2D eigenvalue weighted by Gasteiger charge is 2.19. The molecule has 6 nitrogen and oxygen atoms in total. The number of rotatable bonds is 3. The van der Waals surface area contributed by atoms with Crippen molar-refractivity contribution >= 4 is 23.6 Å². The predicted octanol–water partition coefficient (Wildman–Crippen LogP) is 0.874. The third-order valence-electron chi connectivity index (χ3n) is 3.53. The van der Waals surface area contributed by atoms with E-state index in [0.717, 1.165) is 24.3 Å². The maximum atomic E-state index is 11.3. The molecule has 1 saturated heterocycles. The molecule has 1 aromatic rings. The molecule has 112 valence electrons. The molecule has 0 aliphatic carbocycles. The maximum absolute atomic E-state index is 11.3. The lowest BCUT2D eigenvalue weighted by atomic mass is 10.1. The van der Waals surface area contributed by atoms with E-state index in [1.807, 2.05) is 29.2 Å². The van der Waals surface area contributed by atoms with Gasteiger partial charge < -0.3 is 9.80 Å². The second-order valence-corrected chi connectivity index (χ2v) is 4.86. The van der Waals surface area contributed by atoms with Crippen molar-refractivity contribution in [2.24, 2.45) is 0 Å². The molecule has 21 heavy (non-hydrogen) atoms. The van der Waals surface area contributed by atoms with Crippen LogP contribution in [-0.4, -0.2) is 48.1 Å². The van der Waals surface area contributed by atoms with Crippen LogP contribution in [0.15, 0.2) is 30.3 Å². The lowest BCUT2D eigenvalue weighted by Crippen LogP contribution is -2.48. The average molecular weight is 289 g/mol. The van der Waals surface area contributed by atoms with Crippen molar-refractivity contribution < 1.29 is 14.8 Å². The van der Waals surface area contributed by atoms with Crippen molar-refractivity contribution in [1.29, 1.82) is 0 Å². The van der Waals surface area contributed by atoms with Gasteiger partial charge in [0.25, 0.3) is 5.91 Å². The average Bonchev–Trinajstić information content (AvgIpc) is 2.53. The van der Waals surface area contributed by atoms with E-state index in [1.54, 1.807) is 18.5 Å². The summed E-state index contributed by atoms with van der Waals surface area (Å²) in [6.45, 7) is 4.50. The summed E-state index contributed by atoms with van der Waals surface area (Å²) in [6, 6.07) is 7.73. The van der Waals surface area contributed by atoms with Crippen LogP contribution in [0.25, 0.3) is 6.08 Å². The van der Waals surface area contributed by atoms with E-state index >= 15 is 0 Å². The van der Waals surface area contributed by atoms with Gasteiger partial charge in [0.05, 0.1) is 0 Å². The Bertz CT molecular complexity index is 549. The second kappa shape index (κ2) is 6.90. The molecule has 0 aromatic heterocycles. The Morgan fingerprint density at radius 3 is 2.48 bits per heavy atom. The van der Waals surface area contributed by atoms with Gasteiger partial charge in [0, 0.05) is 44.9 Å². The molecule has 2 N–H and O–H groups in total. The Morgan fingerprint density at radius 2 is 1.86 bits per heavy atom. The molecular formula is C15H19N3O3. The predicted molar refractivity (Wildman–Crippen MR) is 79.9 cm³/mol. The number of carbonyl (C=O) groups is 2. The summed E-state index contributed by atoms with van der Waals surface area (Å²) in [5.41, 5.74) is 3.49. The van der Waals surface area contributed by atoms with E-state index in [9.17, 15) is 9.59 Å². The summed E-state index contributed by atoms with van der Waals surface area (Å²) in [4.78, 5) is 26.5. The molecule has 0 spiro atoms. The van der Waals surface area contributed by atoms with E-state index in [-0.39, 0.29) is 5.91 Å². The normalized spacial score (nSPS) is 15.3. The van der Waals surface area contributed by atoms with Crippen molar-refractivity contribution in [3.63, 3.8) is 0 Å². The van der Waals surface area contributed by atoms with Gasteiger partial charge >= 0.3 is 0 Å². The van der Waals surface area contributed by atoms with Gasteiger partial charge in [-0.2, -0.15) is 0 Å². The van der Waals surface area contributed by atoms with Gasteiger partial charge in [-0.05, 0) is 17.7 Å². The Balaban J connectivity index is 2.12. The van der Waals surface area contributed by atoms with Crippen molar-refractivity contribution in [3.8, 4) is 0 Å². The van der Waals surface area contributed by atoms with Crippen LogP contribution in [0.4, 0.5) is 5.69 Å². The Labute approximate surface area is 123 Å². The monoisotopic (exact) mass is 289 g/mol. The van der Waals surface area contributed by atoms with E-state index in [1.165, 1.54) is 6.08 Å². The van der Waals surface area contributed by atoms with Gasteiger partial charge in [-0.15, -0.1) is 0 Å². The fraction of sp³-hybridized carbons (Fsp3) is 0.333. The quantitative estimate of drug-likeness (QED) is 0.492. The van der Waals surface area contributed by atoms with Crippen LogP contribution in [0, 0.1) is 0 Å². The molecule has 1 aliphatic rings. The third-order valence-corrected chi connectivity index (χ3v) is 3.53. The highest BCUT2D eigenvalue weighted by Crippen LogP contribution is 2.23. The summed E-state index contributed by atoms with van der Waals surface area (Å²) < 4.78 is 0. The number of carbonyl (C=O) groups excluding carboxylic acids is 2. The van der Waals surface area contributed by atoms with E-state index in [2.05, 4.69) is 4.90 Å². The van der Waals surface area contributed by atoms with Gasteiger partial charge in [0.1, 0.15) is 0 Å². The van der Waals surface area contributed by atoms with Crippen molar-refractivity contribution in [1.82, 2.24) is 10.4 Å². The van der Waals surface area contributed by atoms with Crippen LogP contribution in [0.5, 0.6) is 0 Å². The Morgan fingerprint density at radius 1 is 1.19 bits per heavy atom. The van der Waals surface area contributed by atoms with Crippen molar-refractivity contribution in [3.05, 3.63) is 35.9 Å². The number of nitrogens with zero attached hydrogens (tertiary/aromatic N) is 2. The van der Waals surface area contributed by atoms with Crippen LogP contribution < -0.4 is 10.4 Å².